The zero-order valence-electron chi connectivity index (χ0n) is 17.0. The van der Waals surface area contributed by atoms with Crippen LogP contribution < -0.4 is 5.32 Å². The van der Waals surface area contributed by atoms with E-state index >= 15 is 0 Å². The van der Waals surface area contributed by atoms with Crippen molar-refractivity contribution in [2.75, 3.05) is 12.4 Å². The van der Waals surface area contributed by atoms with Gasteiger partial charge >= 0.3 is 5.97 Å². The number of esters is 1. The molecule has 3 aliphatic rings. The number of carbonyl (C=O) groups excluding carboxylic acids is 2. The Labute approximate surface area is 179 Å². The first-order chi connectivity index (χ1) is 14.6. The average Bonchev–Trinajstić information content (AvgIpc) is 3.26. The molecule has 1 unspecified atom stereocenters. The van der Waals surface area contributed by atoms with E-state index in [0.717, 1.165) is 12.8 Å². The Balaban J connectivity index is 1.61. The molecule has 152 valence electrons. The van der Waals surface area contributed by atoms with Crippen LogP contribution in [0.2, 0.25) is 0 Å². The van der Waals surface area contributed by atoms with E-state index in [9.17, 15) is 9.59 Å². The summed E-state index contributed by atoms with van der Waals surface area (Å²) in [5.74, 6) is -0.249. The third-order valence-corrected chi connectivity index (χ3v) is 7.63. The minimum absolute atomic E-state index is 0.000104. The van der Waals surface area contributed by atoms with Gasteiger partial charge < -0.3 is 10.1 Å². The van der Waals surface area contributed by atoms with Crippen LogP contribution in [0.1, 0.15) is 64.2 Å². The normalized spacial score (nSPS) is 23.4. The summed E-state index contributed by atoms with van der Waals surface area (Å²) in [6, 6.07) is 17.1. The lowest BCUT2D eigenvalue weighted by molar-refractivity contribution is -0.128. The first kappa shape index (κ1) is 19.1. The predicted octanol–water partition coefficient (Wildman–Crippen LogP) is 5.55. The van der Waals surface area contributed by atoms with Crippen molar-refractivity contribution in [1.29, 1.82) is 0 Å². The molecule has 1 amide bonds. The van der Waals surface area contributed by atoms with Crippen molar-refractivity contribution in [2.24, 2.45) is 5.41 Å². The lowest BCUT2D eigenvalue weighted by atomic mass is 9.51. The van der Waals surface area contributed by atoms with Crippen molar-refractivity contribution in [3.63, 3.8) is 0 Å². The molecule has 1 aromatic heterocycles. The topological polar surface area (TPSA) is 55.4 Å². The van der Waals surface area contributed by atoms with Gasteiger partial charge in [-0.15, -0.1) is 11.3 Å². The number of benzene rings is 2. The molecule has 0 spiro atoms. The van der Waals surface area contributed by atoms with Crippen LogP contribution in [0.4, 0.5) is 5.69 Å². The Morgan fingerprint density at radius 1 is 1.03 bits per heavy atom. The number of hydrogen-bond donors (Lipinski definition) is 1. The number of fused-ring (bicyclic) bond motifs is 1. The fourth-order valence-corrected chi connectivity index (χ4v) is 6.21. The van der Waals surface area contributed by atoms with Gasteiger partial charge in [0.2, 0.25) is 5.91 Å². The molecule has 2 bridgehead atoms. The summed E-state index contributed by atoms with van der Waals surface area (Å²) in [6.07, 6.45) is 1.49. The molecule has 2 aromatic carbocycles. The smallest absolute Gasteiger partial charge is 0.340 e. The summed E-state index contributed by atoms with van der Waals surface area (Å²) < 4.78 is 4.87. The van der Waals surface area contributed by atoms with Crippen LogP contribution in [-0.4, -0.2) is 19.0 Å². The molecule has 1 N–H and O–H groups in total. The summed E-state index contributed by atoms with van der Waals surface area (Å²) in [4.78, 5) is 25.9. The van der Waals surface area contributed by atoms with Gasteiger partial charge in [0.05, 0.1) is 23.8 Å². The van der Waals surface area contributed by atoms with Gasteiger partial charge in [-0.05, 0) is 35.1 Å². The SMILES string of the molecule is CCC1(C(=O)Nc2cscc2C(=O)OC)CC2c3ccccc3C1c1ccccc12. The highest BCUT2D eigenvalue weighted by Crippen LogP contribution is 2.62. The van der Waals surface area contributed by atoms with Gasteiger partial charge in [0.1, 0.15) is 0 Å². The molecule has 3 aromatic rings. The van der Waals surface area contributed by atoms with E-state index in [4.69, 9.17) is 4.74 Å². The number of amides is 1. The highest BCUT2D eigenvalue weighted by atomic mass is 32.1. The minimum atomic E-state index is -0.567. The molecule has 0 aliphatic heterocycles. The number of ether oxygens (including phenoxy) is 1. The number of hydrogen-bond acceptors (Lipinski definition) is 4. The van der Waals surface area contributed by atoms with Gasteiger partial charge in [0, 0.05) is 22.6 Å². The van der Waals surface area contributed by atoms with Crippen molar-refractivity contribution in [2.45, 2.75) is 31.6 Å². The number of methoxy groups -OCH3 is 1. The molecule has 0 radical (unpaired) electrons. The van der Waals surface area contributed by atoms with Crippen LogP contribution in [0.5, 0.6) is 0 Å². The maximum atomic E-state index is 13.8. The van der Waals surface area contributed by atoms with Crippen molar-refractivity contribution >= 4 is 28.9 Å². The third-order valence-electron chi connectivity index (χ3n) is 6.88. The van der Waals surface area contributed by atoms with Crippen LogP contribution in [0, 0.1) is 5.41 Å². The van der Waals surface area contributed by atoms with Crippen LogP contribution >= 0.6 is 11.3 Å². The molecule has 6 rings (SSSR count). The monoisotopic (exact) mass is 417 g/mol. The quantitative estimate of drug-likeness (QED) is 0.566. The van der Waals surface area contributed by atoms with Crippen molar-refractivity contribution in [1.82, 2.24) is 0 Å². The Bertz CT molecular complexity index is 1100. The molecule has 1 atom stereocenters. The molecule has 5 heteroatoms. The standard InChI is InChI=1S/C25H23NO3S/c1-3-25(24(28)26-21-14-30-13-20(21)23(27)29-2)12-19-15-8-4-6-10-17(15)22(25)18-11-7-5-9-16(18)19/h4-11,13-14,19,22H,3,12H2,1-2H3,(H,26,28). The van der Waals surface area contributed by atoms with Gasteiger partial charge in [-0.1, -0.05) is 55.5 Å². The summed E-state index contributed by atoms with van der Waals surface area (Å²) in [5, 5.41) is 6.61. The molecular weight excluding hydrogens is 394 g/mol. The number of rotatable bonds is 4. The fourth-order valence-electron chi connectivity index (χ4n) is 5.46. The Morgan fingerprint density at radius 2 is 1.63 bits per heavy atom. The summed E-state index contributed by atoms with van der Waals surface area (Å²) in [6.45, 7) is 2.10. The zero-order chi connectivity index (χ0) is 20.9. The molecule has 0 saturated carbocycles. The maximum Gasteiger partial charge on any atom is 0.340 e. The third kappa shape index (κ3) is 2.58. The fraction of sp³-hybridized carbons (Fsp3) is 0.280. The van der Waals surface area contributed by atoms with E-state index < -0.39 is 11.4 Å². The van der Waals surface area contributed by atoms with Crippen molar-refractivity contribution < 1.29 is 14.3 Å². The van der Waals surface area contributed by atoms with E-state index in [0.29, 0.717) is 11.3 Å². The molecule has 3 aliphatic carbocycles. The Morgan fingerprint density at radius 3 is 2.20 bits per heavy atom. The number of nitrogens with one attached hydrogen (secondary N) is 1. The summed E-state index contributed by atoms with van der Waals surface area (Å²) in [5.41, 5.74) is 5.55. The maximum absolute atomic E-state index is 13.8. The second kappa shape index (κ2) is 7.10. The largest absolute Gasteiger partial charge is 0.465 e. The Hall–Kier alpha value is -2.92. The van der Waals surface area contributed by atoms with E-state index in [1.54, 1.807) is 10.8 Å². The number of carbonyl (C=O) groups is 2. The van der Waals surface area contributed by atoms with E-state index in [1.807, 2.05) is 0 Å². The lowest BCUT2D eigenvalue weighted by Gasteiger charge is -2.52. The van der Waals surface area contributed by atoms with E-state index in [1.165, 1.54) is 40.7 Å². The summed E-state index contributed by atoms with van der Waals surface area (Å²) in [7, 11) is 1.35. The lowest BCUT2D eigenvalue weighted by Crippen LogP contribution is -2.48. The molecule has 0 saturated heterocycles. The van der Waals surface area contributed by atoms with Gasteiger partial charge in [0.15, 0.2) is 0 Å². The second-order valence-corrected chi connectivity index (χ2v) is 8.85. The first-order valence-corrected chi connectivity index (χ1v) is 11.2. The van der Waals surface area contributed by atoms with Gasteiger partial charge in [-0.3, -0.25) is 4.79 Å². The highest BCUT2D eigenvalue weighted by Gasteiger charge is 2.55. The van der Waals surface area contributed by atoms with Crippen molar-refractivity contribution in [3.8, 4) is 0 Å². The molecule has 1 heterocycles. The Kier molecular flexibility index (Phi) is 4.51. The minimum Gasteiger partial charge on any atom is -0.465 e. The molecule has 0 fully saturated rings. The number of thiophene rings is 1. The van der Waals surface area contributed by atoms with Crippen LogP contribution in [0.15, 0.2) is 59.3 Å². The van der Waals surface area contributed by atoms with Gasteiger partial charge in [0.25, 0.3) is 0 Å². The molecular formula is C25H23NO3S. The van der Waals surface area contributed by atoms with Crippen LogP contribution in [0.25, 0.3) is 0 Å². The van der Waals surface area contributed by atoms with Gasteiger partial charge in [-0.25, -0.2) is 4.79 Å². The van der Waals surface area contributed by atoms with Gasteiger partial charge in [-0.2, -0.15) is 0 Å². The van der Waals surface area contributed by atoms with E-state index in [-0.39, 0.29) is 17.7 Å². The number of anilines is 1. The van der Waals surface area contributed by atoms with E-state index in [2.05, 4.69) is 60.8 Å². The average molecular weight is 418 g/mol. The summed E-state index contributed by atoms with van der Waals surface area (Å²) >= 11 is 1.38. The second-order valence-electron chi connectivity index (χ2n) is 8.10. The first-order valence-electron chi connectivity index (χ1n) is 10.2. The molecule has 30 heavy (non-hydrogen) atoms. The van der Waals surface area contributed by atoms with Crippen LogP contribution in [-0.2, 0) is 9.53 Å². The van der Waals surface area contributed by atoms with Crippen molar-refractivity contribution in [3.05, 3.63) is 87.1 Å². The molecule has 4 nitrogen and oxygen atoms in total. The van der Waals surface area contributed by atoms with Crippen LogP contribution in [0.3, 0.4) is 0 Å². The predicted molar refractivity (Wildman–Crippen MR) is 118 cm³/mol. The zero-order valence-corrected chi connectivity index (χ0v) is 17.8. The highest BCUT2D eigenvalue weighted by molar-refractivity contribution is 7.08.